The minimum atomic E-state index is -0.568. The van der Waals surface area contributed by atoms with E-state index in [2.05, 4.69) is 10.6 Å². The molecule has 10 heteroatoms. The summed E-state index contributed by atoms with van der Waals surface area (Å²) in [5, 5.41) is 6.96. The zero-order chi connectivity index (χ0) is 26.8. The Morgan fingerprint density at radius 3 is 2.72 bits per heavy atom. The number of pyridine rings is 1. The van der Waals surface area contributed by atoms with Gasteiger partial charge >= 0.3 is 5.97 Å². The molecule has 2 aliphatic heterocycles. The highest BCUT2D eigenvalue weighted by Gasteiger charge is 2.30. The lowest BCUT2D eigenvalue weighted by atomic mass is 10.2. The van der Waals surface area contributed by atoms with Gasteiger partial charge in [-0.05, 0) is 42.2 Å². The SMILES string of the molecule is COC(=O)c1c(NC(=O)C2CCCO2)c2cc(NCc3ccc4c(c3)OCO4)cnc2n1Cc1ccccc1. The van der Waals surface area contributed by atoms with Crippen LogP contribution < -0.4 is 20.1 Å². The van der Waals surface area contributed by atoms with Gasteiger partial charge in [-0.1, -0.05) is 36.4 Å². The zero-order valence-electron chi connectivity index (χ0n) is 21.4. The molecule has 10 nitrogen and oxygen atoms in total. The van der Waals surface area contributed by atoms with Crippen molar-refractivity contribution in [3.8, 4) is 11.5 Å². The largest absolute Gasteiger partial charge is 0.464 e. The fraction of sp³-hybridized carbons (Fsp3) is 0.276. The van der Waals surface area contributed by atoms with Gasteiger partial charge in [0.15, 0.2) is 17.2 Å². The molecule has 39 heavy (non-hydrogen) atoms. The zero-order valence-corrected chi connectivity index (χ0v) is 21.4. The summed E-state index contributed by atoms with van der Waals surface area (Å²) in [6, 6.07) is 17.4. The average Bonchev–Trinajstić information content (AvgIpc) is 3.72. The first-order valence-corrected chi connectivity index (χ1v) is 12.8. The van der Waals surface area contributed by atoms with Gasteiger partial charge in [-0.15, -0.1) is 0 Å². The highest BCUT2D eigenvalue weighted by atomic mass is 16.7. The third-order valence-electron chi connectivity index (χ3n) is 6.86. The summed E-state index contributed by atoms with van der Waals surface area (Å²) >= 11 is 0. The summed E-state index contributed by atoms with van der Waals surface area (Å²) in [6.07, 6.45) is 2.59. The molecule has 0 aliphatic carbocycles. The van der Waals surface area contributed by atoms with E-state index < -0.39 is 12.1 Å². The van der Waals surface area contributed by atoms with Gasteiger partial charge in [0.1, 0.15) is 11.8 Å². The van der Waals surface area contributed by atoms with Gasteiger partial charge in [0.05, 0.1) is 24.7 Å². The lowest BCUT2D eigenvalue weighted by molar-refractivity contribution is -0.124. The van der Waals surface area contributed by atoms with Gasteiger partial charge in [0.2, 0.25) is 6.79 Å². The molecule has 4 heterocycles. The molecule has 0 bridgehead atoms. The van der Waals surface area contributed by atoms with Crippen LogP contribution in [0.1, 0.15) is 34.5 Å². The molecule has 2 N–H and O–H groups in total. The molecular formula is C29H28N4O6. The van der Waals surface area contributed by atoms with E-state index in [0.717, 1.165) is 29.0 Å². The van der Waals surface area contributed by atoms with Crippen LogP contribution in [0.3, 0.4) is 0 Å². The number of amides is 1. The number of aromatic nitrogens is 2. The monoisotopic (exact) mass is 528 g/mol. The van der Waals surface area contributed by atoms with Gasteiger partial charge in [-0.2, -0.15) is 0 Å². The van der Waals surface area contributed by atoms with Crippen molar-refractivity contribution >= 4 is 34.3 Å². The van der Waals surface area contributed by atoms with Crippen LogP contribution in [0.25, 0.3) is 11.0 Å². The summed E-state index contributed by atoms with van der Waals surface area (Å²) in [5.74, 6) is 0.572. The molecule has 4 aromatic rings. The molecule has 1 fully saturated rings. The quantitative estimate of drug-likeness (QED) is 0.325. The van der Waals surface area contributed by atoms with Gasteiger partial charge in [-0.3, -0.25) is 4.79 Å². The summed E-state index contributed by atoms with van der Waals surface area (Å²) < 4.78 is 23.4. The van der Waals surface area contributed by atoms with Gasteiger partial charge in [-0.25, -0.2) is 9.78 Å². The number of anilines is 2. The Morgan fingerprint density at radius 1 is 1.08 bits per heavy atom. The van der Waals surface area contributed by atoms with Crippen molar-refractivity contribution < 1.29 is 28.5 Å². The minimum Gasteiger partial charge on any atom is -0.464 e. The summed E-state index contributed by atoms with van der Waals surface area (Å²) in [5.41, 5.74) is 3.83. The number of methoxy groups -OCH3 is 1. The van der Waals surface area contributed by atoms with Crippen LogP contribution in [0.2, 0.25) is 0 Å². The Bertz CT molecular complexity index is 1530. The molecule has 6 rings (SSSR count). The predicted octanol–water partition coefficient (Wildman–Crippen LogP) is 4.33. The Balaban J connectivity index is 1.38. The maximum absolute atomic E-state index is 13.1. The number of benzene rings is 2. The van der Waals surface area contributed by atoms with E-state index in [0.29, 0.717) is 48.6 Å². The van der Waals surface area contributed by atoms with Crippen LogP contribution in [0, 0.1) is 0 Å². The fourth-order valence-corrected chi connectivity index (χ4v) is 4.92. The Hall–Kier alpha value is -4.57. The molecule has 0 saturated carbocycles. The van der Waals surface area contributed by atoms with Crippen LogP contribution in [-0.2, 0) is 27.4 Å². The maximum atomic E-state index is 13.1. The lowest BCUT2D eigenvalue weighted by Crippen LogP contribution is -2.28. The number of hydrogen-bond donors (Lipinski definition) is 2. The lowest BCUT2D eigenvalue weighted by Gasteiger charge is -2.13. The number of fused-ring (bicyclic) bond motifs is 2. The molecule has 2 aromatic carbocycles. The van der Waals surface area contributed by atoms with E-state index in [4.69, 9.17) is 23.9 Å². The van der Waals surface area contributed by atoms with Crippen molar-refractivity contribution in [3.63, 3.8) is 0 Å². The Labute approximate surface area is 224 Å². The van der Waals surface area contributed by atoms with Crippen molar-refractivity contribution in [2.45, 2.75) is 32.0 Å². The van der Waals surface area contributed by atoms with Crippen LogP contribution in [0.4, 0.5) is 11.4 Å². The molecule has 200 valence electrons. The van der Waals surface area contributed by atoms with E-state index in [9.17, 15) is 9.59 Å². The second-order valence-corrected chi connectivity index (χ2v) is 9.41. The smallest absolute Gasteiger partial charge is 0.356 e. The number of nitrogens with one attached hydrogen (secondary N) is 2. The van der Waals surface area contributed by atoms with E-state index >= 15 is 0 Å². The van der Waals surface area contributed by atoms with E-state index in [-0.39, 0.29) is 18.4 Å². The summed E-state index contributed by atoms with van der Waals surface area (Å²) in [4.78, 5) is 31.0. The van der Waals surface area contributed by atoms with E-state index in [1.807, 2.05) is 54.6 Å². The first kappa shape index (κ1) is 24.7. The first-order valence-electron chi connectivity index (χ1n) is 12.8. The molecule has 1 saturated heterocycles. The highest BCUT2D eigenvalue weighted by Crippen LogP contribution is 2.35. The normalized spacial score (nSPS) is 15.9. The number of carbonyl (C=O) groups is 2. The number of esters is 1. The average molecular weight is 529 g/mol. The topological polar surface area (TPSA) is 113 Å². The second-order valence-electron chi connectivity index (χ2n) is 9.41. The maximum Gasteiger partial charge on any atom is 0.356 e. The summed E-state index contributed by atoms with van der Waals surface area (Å²) in [7, 11) is 1.32. The second kappa shape index (κ2) is 10.7. The fourth-order valence-electron chi connectivity index (χ4n) is 4.92. The molecule has 1 amide bonds. The summed E-state index contributed by atoms with van der Waals surface area (Å²) in [6.45, 7) is 1.63. The first-order chi connectivity index (χ1) is 19.1. The van der Waals surface area contributed by atoms with Gasteiger partial charge in [0.25, 0.3) is 5.91 Å². The van der Waals surface area contributed by atoms with E-state index in [1.165, 1.54) is 7.11 Å². The van der Waals surface area contributed by atoms with E-state index in [1.54, 1.807) is 10.8 Å². The molecular weight excluding hydrogens is 500 g/mol. The van der Waals surface area contributed by atoms with Crippen LogP contribution in [0.15, 0.2) is 60.8 Å². The van der Waals surface area contributed by atoms with Gasteiger partial charge < -0.3 is 34.1 Å². The molecule has 1 unspecified atom stereocenters. The Kier molecular flexibility index (Phi) is 6.76. The third-order valence-corrected chi connectivity index (χ3v) is 6.86. The van der Waals surface area contributed by atoms with Crippen molar-refractivity contribution in [2.24, 2.45) is 0 Å². The number of nitrogens with zero attached hydrogens (tertiary/aromatic N) is 2. The van der Waals surface area contributed by atoms with Gasteiger partial charge in [0, 0.05) is 25.1 Å². The number of hydrogen-bond acceptors (Lipinski definition) is 8. The molecule has 0 radical (unpaired) electrons. The molecule has 1 atom stereocenters. The van der Waals surface area contributed by atoms with Crippen LogP contribution in [0.5, 0.6) is 11.5 Å². The number of ether oxygens (including phenoxy) is 4. The molecule has 2 aliphatic rings. The minimum absolute atomic E-state index is 0.218. The van der Waals surface area contributed by atoms with Crippen molar-refractivity contribution in [2.75, 3.05) is 31.1 Å². The third kappa shape index (κ3) is 4.98. The van der Waals surface area contributed by atoms with Crippen molar-refractivity contribution in [1.29, 1.82) is 0 Å². The molecule has 2 aromatic heterocycles. The molecule has 0 spiro atoms. The van der Waals surface area contributed by atoms with Crippen molar-refractivity contribution in [3.05, 3.63) is 77.6 Å². The number of rotatable bonds is 8. The van der Waals surface area contributed by atoms with Crippen LogP contribution in [-0.4, -0.2) is 48.0 Å². The predicted molar refractivity (Wildman–Crippen MR) is 144 cm³/mol. The van der Waals surface area contributed by atoms with Crippen molar-refractivity contribution in [1.82, 2.24) is 9.55 Å². The number of carbonyl (C=O) groups excluding carboxylic acids is 2. The van der Waals surface area contributed by atoms with Crippen LogP contribution >= 0.6 is 0 Å². The Morgan fingerprint density at radius 2 is 1.92 bits per heavy atom. The highest BCUT2D eigenvalue weighted by molar-refractivity contribution is 6.12. The standard InChI is InChI=1S/C29H28N4O6/c1-36-29(35)26-25(32-28(34)23-8-5-11-37-23)21-13-20(30-14-19-9-10-22-24(12-19)39-17-38-22)15-31-27(21)33(26)16-18-6-3-2-4-7-18/h2-4,6-7,9-10,12-13,15,23,30H,5,8,11,14,16-17H2,1H3,(H,32,34).